The summed E-state index contributed by atoms with van der Waals surface area (Å²) in [7, 11) is 2.20. The van der Waals surface area contributed by atoms with Crippen LogP contribution in [-0.4, -0.2) is 56.2 Å². The van der Waals surface area contributed by atoms with Crippen LogP contribution >= 0.6 is 22.6 Å². The fourth-order valence-corrected chi connectivity index (χ4v) is 4.15. The normalized spacial score (nSPS) is 16.0. The highest BCUT2D eigenvalue weighted by Crippen LogP contribution is 2.29. The minimum atomic E-state index is 0.756. The van der Waals surface area contributed by atoms with Crippen LogP contribution in [0.4, 0.5) is 0 Å². The number of nitrogens with zero attached hydrogens (tertiary/aromatic N) is 2. The topological polar surface area (TPSA) is 15.7 Å². The third kappa shape index (κ3) is 5.21. The van der Waals surface area contributed by atoms with Gasteiger partial charge in [0.15, 0.2) is 0 Å². The molecule has 0 unspecified atom stereocenters. The van der Waals surface area contributed by atoms with Crippen molar-refractivity contribution in [2.45, 2.75) is 20.3 Å². The maximum absolute atomic E-state index is 6.31. The molecule has 3 nitrogen and oxygen atoms in total. The van der Waals surface area contributed by atoms with Gasteiger partial charge >= 0.3 is 0 Å². The van der Waals surface area contributed by atoms with E-state index < -0.39 is 0 Å². The van der Waals surface area contributed by atoms with Crippen LogP contribution in [0.25, 0.3) is 0 Å². The van der Waals surface area contributed by atoms with Crippen LogP contribution in [0.1, 0.15) is 22.3 Å². The minimum absolute atomic E-state index is 0.756. The molecule has 3 rings (SSSR count). The number of likely N-dealkylation sites (N-methyl/N-ethyl adjacent to an activating group) is 1. The molecule has 1 fully saturated rings. The Balaban J connectivity index is 1.69. The van der Waals surface area contributed by atoms with Crippen molar-refractivity contribution in [3.63, 3.8) is 0 Å². The van der Waals surface area contributed by atoms with E-state index in [1.165, 1.54) is 25.8 Å². The molecule has 0 aliphatic carbocycles. The average molecular weight is 464 g/mol. The monoisotopic (exact) mass is 464 g/mol. The van der Waals surface area contributed by atoms with E-state index >= 15 is 0 Å². The molecule has 0 bridgehead atoms. The van der Waals surface area contributed by atoms with Crippen LogP contribution in [0.2, 0.25) is 0 Å². The van der Waals surface area contributed by atoms with E-state index in [4.69, 9.17) is 4.74 Å². The van der Waals surface area contributed by atoms with E-state index in [1.54, 1.807) is 0 Å². The number of rotatable bonds is 6. The lowest BCUT2D eigenvalue weighted by atomic mass is 9.99. The highest BCUT2D eigenvalue weighted by atomic mass is 127. The van der Waals surface area contributed by atoms with Crippen molar-refractivity contribution in [1.29, 1.82) is 0 Å². The first-order valence-electron chi connectivity index (χ1n) is 9.40. The van der Waals surface area contributed by atoms with Crippen LogP contribution in [-0.2, 0) is 6.42 Å². The number of aryl methyl sites for hydroxylation is 2. The van der Waals surface area contributed by atoms with E-state index in [-0.39, 0.29) is 0 Å². The summed E-state index contributed by atoms with van der Waals surface area (Å²) in [5.41, 5.74) is 5.20. The van der Waals surface area contributed by atoms with Gasteiger partial charge in [-0.2, -0.15) is 0 Å². The summed E-state index contributed by atoms with van der Waals surface area (Å²) in [6.07, 6.45) is 0.922. The van der Waals surface area contributed by atoms with Gasteiger partial charge in [-0.05, 0) is 66.2 Å². The molecule has 0 aromatic heterocycles. The van der Waals surface area contributed by atoms with Gasteiger partial charge in [0.2, 0.25) is 0 Å². The lowest BCUT2D eigenvalue weighted by Gasteiger charge is -2.32. The van der Waals surface area contributed by atoms with Crippen molar-refractivity contribution in [2.24, 2.45) is 0 Å². The highest BCUT2D eigenvalue weighted by Gasteiger charge is 2.15. The molecule has 0 amide bonds. The molecule has 140 valence electrons. The van der Waals surface area contributed by atoms with Crippen LogP contribution in [0.5, 0.6) is 5.75 Å². The summed E-state index contributed by atoms with van der Waals surface area (Å²) < 4.78 is 7.62. The lowest BCUT2D eigenvalue weighted by Crippen LogP contribution is -2.45. The molecule has 1 heterocycles. The number of hydrogen-bond acceptors (Lipinski definition) is 3. The maximum Gasteiger partial charge on any atom is 0.125 e. The Morgan fingerprint density at radius 3 is 2.46 bits per heavy atom. The molecular weight excluding hydrogens is 435 g/mol. The van der Waals surface area contributed by atoms with Crippen LogP contribution in [0, 0.1) is 17.4 Å². The third-order valence-corrected chi connectivity index (χ3v) is 6.14. The first-order valence-corrected chi connectivity index (χ1v) is 10.5. The molecule has 2 aromatic carbocycles. The molecule has 0 N–H and O–H groups in total. The molecule has 0 atom stereocenters. The van der Waals surface area contributed by atoms with E-state index in [0.29, 0.717) is 0 Å². The first-order chi connectivity index (χ1) is 12.5. The largest absolute Gasteiger partial charge is 0.492 e. The Bertz CT molecular complexity index is 739. The molecule has 2 aromatic rings. The second kappa shape index (κ2) is 9.20. The van der Waals surface area contributed by atoms with Gasteiger partial charge in [0.25, 0.3) is 0 Å². The molecule has 26 heavy (non-hydrogen) atoms. The zero-order chi connectivity index (χ0) is 18.5. The maximum atomic E-state index is 6.31. The average Bonchev–Trinajstić information content (AvgIpc) is 2.61. The molecule has 0 radical (unpaired) electrons. The Hall–Kier alpha value is -1.11. The highest BCUT2D eigenvalue weighted by molar-refractivity contribution is 14.1. The summed E-state index contributed by atoms with van der Waals surface area (Å²) in [5, 5.41) is 0. The summed E-state index contributed by atoms with van der Waals surface area (Å²) in [6, 6.07) is 13.1. The molecule has 1 saturated heterocycles. The predicted octanol–water partition coefficient (Wildman–Crippen LogP) is 4.13. The molecule has 4 heteroatoms. The second-order valence-electron chi connectivity index (χ2n) is 7.33. The third-order valence-electron chi connectivity index (χ3n) is 5.08. The minimum Gasteiger partial charge on any atom is -0.492 e. The van der Waals surface area contributed by atoms with Gasteiger partial charge in [0.05, 0.1) is 0 Å². The smallest absolute Gasteiger partial charge is 0.125 e. The van der Waals surface area contributed by atoms with Gasteiger partial charge in [0.1, 0.15) is 12.4 Å². The van der Waals surface area contributed by atoms with E-state index in [9.17, 15) is 0 Å². The van der Waals surface area contributed by atoms with Crippen LogP contribution < -0.4 is 4.74 Å². The number of hydrogen-bond donors (Lipinski definition) is 0. The number of benzene rings is 2. The van der Waals surface area contributed by atoms with Gasteiger partial charge in [-0.1, -0.05) is 35.9 Å². The molecule has 0 spiro atoms. The zero-order valence-electron chi connectivity index (χ0n) is 16.1. The van der Waals surface area contributed by atoms with Crippen molar-refractivity contribution >= 4 is 22.6 Å². The van der Waals surface area contributed by atoms with Gasteiger partial charge < -0.3 is 9.64 Å². The Morgan fingerprint density at radius 1 is 1.00 bits per heavy atom. The SMILES string of the molecule is Cc1cc(C)c(OCCN2CCN(C)CC2)c(Cc2ccccc2I)c1. The Morgan fingerprint density at radius 2 is 1.73 bits per heavy atom. The van der Waals surface area contributed by atoms with Gasteiger partial charge in [-0.3, -0.25) is 4.90 Å². The summed E-state index contributed by atoms with van der Waals surface area (Å²) in [6.45, 7) is 10.7. The number of halogens is 1. The molecule has 1 aliphatic heterocycles. The zero-order valence-corrected chi connectivity index (χ0v) is 18.3. The quantitative estimate of drug-likeness (QED) is 0.599. The van der Waals surface area contributed by atoms with Gasteiger partial charge in [-0.15, -0.1) is 0 Å². The first kappa shape index (κ1) is 19.6. The fourth-order valence-electron chi connectivity index (χ4n) is 3.58. The lowest BCUT2D eigenvalue weighted by molar-refractivity contribution is 0.133. The summed E-state index contributed by atoms with van der Waals surface area (Å²) >= 11 is 2.42. The van der Waals surface area contributed by atoms with Gasteiger partial charge in [0, 0.05) is 42.7 Å². The van der Waals surface area contributed by atoms with E-state index in [1.807, 2.05) is 0 Å². The molecule has 1 aliphatic rings. The predicted molar refractivity (Wildman–Crippen MR) is 117 cm³/mol. The second-order valence-corrected chi connectivity index (χ2v) is 8.49. The van der Waals surface area contributed by atoms with Crippen molar-refractivity contribution in [3.8, 4) is 5.75 Å². The standard InChI is InChI=1S/C22H29IN2O/c1-17-14-18(2)22(26-13-12-25-10-8-24(3)9-11-25)20(15-17)16-19-6-4-5-7-21(19)23/h4-7,14-15H,8-13,16H2,1-3H3. The van der Waals surface area contributed by atoms with Crippen LogP contribution in [0.3, 0.4) is 0 Å². The van der Waals surface area contributed by atoms with Crippen molar-refractivity contribution < 1.29 is 4.74 Å². The Labute approximate surface area is 171 Å². The summed E-state index contributed by atoms with van der Waals surface area (Å²) in [4.78, 5) is 4.89. The van der Waals surface area contributed by atoms with E-state index in [2.05, 4.69) is 89.7 Å². The Kier molecular flexibility index (Phi) is 6.95. The van der Waals surface area contributed by atoms with Crippen LogP contribution in [0.15, 0.2) is 36.4 Å². The van der Waals surface area contributed by atoms with E-state index in [0.717, 1.165) is 51.5 Å². The number of piperazine rings is 1. The molecule has 0 saturated carbocycles. The fraction of sp³-hybridized carbons (Fsp3) is 0.455. The van der Waals surface area contributed by atoms with Crippen molar-refractivity contribution in [2.75, 3.05) is 46.4 Å². The van der Waals surface area contributed by atoms with Crippen molar-refractivity contribution in [1.82, 2.24) is 9.80 Å². The van der Waals surface area contributed by atoms with Gasteiger partial charge in [-0.25, -0.2) is 0 Å². The van der Waals surface area contributed by atoms with Crippen molar-refractivity contribution in [3.05, 3.63) is 62.2 Å². The molecular formula is C22H29IN2O. The number of ether oxygens (including phenoxy) is 1. The summed E-state index contributed by atoms with van der Waals surface area (Å²) in [5.74, 6) is 1.07.